The van der Waals surface area contributed by atoms with Gasteiger partial charge in [0.15, 0.2) is 0 Å². The molecule has 0 aromatic heterocycles. The van der Waals surface area contributed by atoms with Gasteiger partial charge in [0.05, 0.1) is 18.2 Å². The van der Waals surface area contributed by atoms with Gasteiger partial charge in [-0.2, -0.15) is 0 Å². The lowest BCUT2D eigenvalue weighted by Gasteiger charge is -2.21. The molecule has 1 saturated heterocycles. The van der Waals surface area contributed by atoms with Crippen molar-refractivity contribution in [1.29, 1.82) is 0 Å². The van der Waals surface area contributed by atoms with E-state index in [1.807, 2.05) is 5.32 Å². The van der Waals surface area contributed by atoms with Crippen molar-refractivity contribution in [3.05, 3.63) is 0 Å². The van der Waals surface area contributed by atoms with Crippen LogP contribution in [-0.4, -0.2) is 58.4 Å². The maximum absolute atomic E-state index is 11.3. The minimum absolute atomic E-state index is 0.203. The highest BCUT2D eigenvalue weighted by Crippen LogP contribution is 2.13. The quantitative estimate of drug-likeness (QED) is 0.412. The maximum atomic E-state index is 11.3. The van der Waals surface area contributed by atoms with Crippen molar-refractivity contribution in [2.45, 2.75) is 25.2 Å². The van der Waals surface area contributed by atoms with Crippen molar-refractivity contribution in [2.24, 2.45) is 5.73 Å². The molecule has 15 heavy (non-hydrogen) atoms. The first-order valence-corrected chi connectivity index (χ1v) is 4.62. The Morgan fingerprint density at radius 2 is 1.87 bits per heavy atom. The van der Waals surface area contributed by atoms with E-state index in [-0.39, 0.29) is 13.1 Å². The van der Waals surface area contributed by atoms with E-state index in [0.29, 0.717) is 0 Å². The van der Waals surface area contributed by atoms with Crippen molar-refractivity contribution in [3.8, 4) is 0 Å². The number of likely N-dealkylation sites (tertiary alicyclic amines) is 1. The number of primary amides is 1. The summed E-state index contributed by atoms with van der Waals surface area (Å²) in [6, 6.07) is -1.52. The minimum Gasteiger partial charge on any atom is -0.389 e. The number of nitrogens with zero attached hydrogens (tertiary/aromatic N) is 1. The van der Waals surface area contributed by atoms with Gasteiger partial charge in [0.1, 0.15) is 0 Å². The molecule has 1 rings (SSSR count). The molecule has 86 valence electrons. The van der Waals surface area contributed by atoms with Crippen LogP contribution in [0.1, 0.15) is 6.92 Å². The van der Waals surface area contributed by atoms with Crippen molar-refractivity contribution < 1.29 is 19.8 Å². The lowest BCUT2D eigenvalue weighted by atomic mass is 10.3. The van der Waals surface area contributed by atoms with Crippen molar-refractivity contribution >= 4 is 11.9 Å². The summed E-state index contributed by atoms with van der Waals surface area (Å²) in [6.07, 6.45) is -1.71. The Labute approximate surface area is 86.8 Å². The molecule has 0 saturated carbocycles. The molecule has 1 aliphatic heterocycles. The summed E-state index contributed by atoms with van der Waals surface area (Å²) in [5.74, 6) is -0.538. The zero-order chi connectivity index (χ0) is 11.6. The third-order valence-electron chi connectivity index (χ3n) is 2.46. The predicted octanol–water partition coefficient (Wildman–Crippen LogP) is -2.39. The number of carbonyl (C=O) groups excluding carboxylic acids is 2. The zero-order valence-electron chi connectivity index (χ0n) is 8.38. The third kappa shape index (κ3) is 2.88. The number of carbonyl (C=O) groups is 2. The third-order valence-corrected chi connectivity index (χ3v) is 2.46. The lowest BCUT2D eigenvalue weighted by molar-refractivity contribution is -0.124. The van der Waals surface area contributed by atoms with Crippen LogP contribution in [0.4, 0.5) is 4.79 Å². The molecule has 0 aromatic carbocycles. The smallest absolute Gasteiger partial charge is 0.318 e. The Bertz CT molecular complexity index is 261. The van der Waals surface area contributed by atoms with Crippen LogP contribution in [0.15, 0.2) is 0 Å². The molecule has 7 nitrogen and oxygen atoms in total. The van der Waals surface area contributed by atoms with Crippen LogP contribution in [0, 0.1) is 0 Å². The van der Waals surface area contributed by atoms with Crippen LogP contribution in [0.2, 0.25) is 0 Å². The first kappa shape index (κ1) is 11.9. The first-order chi connectivity index (χ1) is 6.91. The molecule has 1 aliphatic rings. The number of nitrogens with two attached hydrogens (primary N) is 1. The molecule has 5 N–H and O–H groups in total. The molecule has 1 heterocycles. The van der Waals surface area contributed by atoms with E-state index in [1.54, 1.807) is 11.8 Å². The lowest BCUT2D eigenvalue weighted by Crippen LogP contribution is -2.48. The number of amides is 3. The Hall–Kier alpha value is -1.18. The Morgan fingerprint density at radius 3 is 2.27 bits per heavy atom. The largest absolute Gasteiger partial charge is 0.389 e. The summed E-state index contributed by atoms with van der Waals surface area (Å²) < 4.78 is 0. The fourth-order valence-corrected chi connectivity index (χ4v) is 1.51. The van der Waals surface area contributed by atoms with E-state index < -0.39 is 30.2 Å². The summed E-state index contributed by atoms with van der Waals surface area (Å²) >= 11 is 0. The van der Waals surface area contributed by atoms with Gasteiger partial charge >= 0.3 is 6.03 Å². The van der Waals surface area contributed by atoms with Gasteiger partial charge in [-0.25, -0.2) is 4.79 Å². The predicted molar refractivity (Wildman–Crippen MR) is 50.8 cm³/mol. The van der Waals surface area contributed by atoms with Gasteiger partial charge < -0.3 is 15.9 Å². The first-order valence-electron chi connectivity index (χ1n) is 4.62. The van der Waals surface area contributed by atoms with Crippen molar-refractivity contribution in [3.63, 3.8) is 0 Å². The van der Waals surface area contributed by atoms with Gasteiger partial charge in [-0.15, -0.1) is 0 Å². The van der Waals surface area contributed by atoms with Crippen LogP contribution in [0.25, 0.3) is 0 Å². The molecular formula is C8H15N3O4. The molecule has 1 fully saturated rings. The zero-order valence-corrected chi connectivity index (χ0v) is 8.38. The van der Waals surface area contributed by atoms with E-state index in [1.165, 1.54) is 0 Å². The van der Waals surface area contributed by atoms with Crippen LogP contribution < -0.4 is 11.1 Å². The fraction of sp³-hybridized carbons (Fsp3) is 0.750. The number of β-amino-alcohol motifs (C(OH)–C–C–N with tert-alkyl or cyclic N) is 2. The van der Waals surface area contributed by atoms with Gasteiger partial charge in [0.2, 0.25) is 5.91 Å². The summed E-state index contributed by atoms with van der Waals surface area (Å²) in [7, 11) is 0. The summed E-state index contributed by atoms with van der Waals surface area (Å²) in [5, 5.41) is 20.5. The number of urea groups is 1. The van der Waals surface area contributed by atoms with E-state index >= 15 is 0 Å². The monoisotopic (exact) mass is 217 g/mol. The molecule has 0 aliphatic carbocycles. The van der Waals surface area contributed by atoms with E-state index in [0.717, 1.165) is 0 Å². The summed E-state index contributed by atoms with van der Waals surface area (Å²) in [4.78, 5) is 23.3. The minimum atomic E-state index is -0.910. The molecule has 3 atom stereocenters. The Morgan fingerprint density at radius 1 is 1.40 bits per heavy atom. The van der Waals surface area contributed by atoms with Crippen LogP contribution >= 0.6 is 0 Å². The molecular weight excluding hydrogens is 202 g/mol. The molecule has 0 aromatic rings. The number of hydrogen-bond acceptors (Lipinski definition) is 5. The second-order valence-corrected chi connectivity index (χ2v) is 3.62. The molecule has 7 heteroatoms. The number of rotatable bonds is 2. The number of imide groups is 1. The summed E-state index contributed by atoms with van der Waals surface area (Å²) in [5.41, 5.74) is 4.80. The van der Waals surface area contributed by atoms with E-state index in [4.69, 9.17) is 5.73 Å². The van der Waals surface area contributed by atoms with Gasteiger partial charge in [-0.3, -0.25) is 15.0 Å². The maximum Gasteiger partial charge on any atom is 0.318 e. The summed E-state index contributed by atoms with van der Waals surface area (Å²) in [6.45, 7) is 1.98. The second kappa shape index (κ2) is 4.56. The Kier molecular flexibility index (Phi) is 3.61. The van der Waals surface area contributed by atoms with Crippen LogP contribution in [0.3, 0.4) is 0 Å². The van der Waals surface area contributed by atoms with Crippen molar-refractivity contribution in [1.82, 2.24) is 10.2 Å². The number of aliphatic hydroxyl groups excluding tert-OH is 2. The Balaban J connectivity index is 2.50. The van der Waals surface area contributed by atoms with Gasteiger partial charge in [0.25, 0.3) is 0 Å². The average Bonchev–Trinajstić information content (AvgIpc) is 2.44. The highest BCUT2D eigenvalue weighted by atomic mass is 16.3. The highest BCUT2D eigenvalue weighted by molar-refractivity contribution is 5.96. The molecule has 0 bridgehead atoms. The molecule has 0 radical (unpaired) electrons. The second-order valence-electron chi connectivity index (χ2n) is 3.62. The molecule has 3 unspecified atom stereocenters. The normalized spacial score (nSPS) is 28.7. The SMILES string of the molecule is CC(C(=O)NC(N)=O)N1CC(O)C(O)C1. The standard InChI is InChI=1S/C8H15N3O4/c1-4(7(14)10-8(9)15)11-2-5(12)6(13)3-11/h4-6,12-13H,2-3H2,1H3,(H3,9,10,14,15). The number of aliphatic hydroxyl groups is 2. The van der Waals surface area contributed by atoms with E-state index in [2.05, 4.69) is 0 Å². The topological polar surface area (TPSA) is 116 Å². The number of hydrogen-bond donors (Lipinski definition) is 4. The average molecular weight is 217 g/mol. The van der Waals surface area contributed by atoms with Gasteiger partial charge in [0, 0.05) is 13.1 Å². The van der Waals surface area contributed by atoms with Gasteiger partial charge in [-0.1, -0.05) is 0 Å². The molecule has 3 amide bonds. The van der Waals surface area contributed by atoms with Crippen LogP contribution in [0.5, 0.6) is 0 Å². The fourth-order valence-electron chi connectivity index (χ4n) is 1.51. The highest BCUT2D eigenvalue weighted by Gasteiger charge is 2.34. The number of nitrogens with one attached hydrogen (secondary N) is 1. The van der Waals surface area contributed by atoms with E-state index in [9.17, 15) is 19.8 Å². The van der Waals surface area contributed by atoms with Crippen LogP contribution in [-0.2, 0) is 4.79 Å². The van der Waals surface area contributed by atoms with Crippen molar-refractivity contribution in [2.75, 3.05) is 13.1 Å². The van der Waals surface area contributed by atoms with Gasteiger partial charge in [-0.05, 0) is 6.92 Å². The molecule has 0 spiro atoms.